The van der Waals surface area contributed by atoms with Gasteiger partial charge < -0.3 is 0 Å². The number of alkyl halides is 4. The van der Waals surface area contributed by atoms with E-state index in [4.69, 9.17) is 46.4 Å². The molecule has 33 heavy (non-hydrogen) atoms. The first-order valence-electron chi connectivity index (χ1n) is 7.87. The van der Waals surface area contributed by atoms with E-state index in [9.17, 15) is 48.9 Å². The van der Waals surface area contributed by atoms with Crippen molar-refractivity contribution in [2.75, 3.05) is 0 Å². The zero-order valence-electron chi connectivity index (χ0n) is 15.3. The fourth-order valence-electron chi connectivity index (χ4n) is 2.83. The lowest BCUT2D eigenvalue weighted by Crippen LogP contribution is -2.13. The molecular weight excluding hydrogens is 558 g/mol. The number of hydrogen-bond acceptors (Lipinski definition) is 10. The van der Waals surface area contributed by atoms with Crippen LogP contribution in [0.2, 0.25) is 0 Å². The quantitative estimate of drug-likeness (QED) is 0.235. The number of benzene rings is 2. The molecule has 0 amide bonds. The second kappa shape index (κ2) is 9.56. The van der Waals surface area contributed by atoms with Crippen molar-refractivity contribution in [3.05, 3.63) is 75.8 Å². The second-order valence-corrected chi connectivity index (χ2v) is 9.90. The zero-order chi connectivity index (χ0) is 25.4. The third kappa shape index (κ3) is 4.77. The maximum atomic E-state index is 13.3. The number of hydrogen-bond donors (Lipinski definition) is 0. The van der Waals surface area contributed by atoms with Crippen LogP contribution >= 0.6 is 46.4 Å². The minimum atomic E-state index is -5.25. The molecule has 0 unspecified atom stereocenters. The lowest BCUT2D eigenvalue weighted by atomic mass is 10.1. The predicted molar refractivity (Wildman–Crippen MR) is 114 cm³/mol. The highest BCUT2D eigenvalue weighted by Gasteiger charge is 2.43. The van der Waals surface area contributed by atoms with Gasteiger partial charge >= 0.3 is 11.4 Å². The van der Waals surface area contributed by atoms with Crippen molar-refractivity contribution in [3.8, 4) is 0 Å². The van der Waals surface area contributed by atoms with Gasteiger partial charge in [0.1, 0.15) is 20.8 Å². The summed E-state index contributed by atoms with van der Waals surface area (Å²) in [7, 11) is -5.25. The second-order valence-electron chi connectivity index (χ2n) is 5.82. The third-order valence-corrected chi connectivity index (χ3v) is 6.78. The lowest BCUT2D eigenvalue weighted by molar-refractivity contribution is -0.397. The molecule has 0 N–H and O–H groups in total. The van der Waals surface area contributed by atoms with Gasteiger partial charge in [-0.05, 0) is 12.1 Å². The first-order chi connectivity index (χ1) is 15.1. The van der Waals surface area contributed by atoms with Crippen LogP contribution in [-0.2, 0) is 9.84 Å². The fourth-order valence-corrected chi connectivity index (χ4v) is 5.30. The Kier molecular flexibility index (Phi) is 7.65. The van der Waals surface area contributed by atoms with Crippen LogP contribution in [-0.4, -0.2) is 28.1 Å². The van der Waals surface area contributed by atoms with Crippen molar-refractivity contribution < 1.29 is 28.1 Å². The summed E-state index contributed by atoms with van der Waals surface area (Å²) < 4.78 is 26.6. The van der Waals surface area contributed by atoms with Crippen molar-refractivity contribution in [1.29, 1.82) is 0 Å². The zero-order valence-corrected chi connectivity index (χ0v) is 19.1. The van der Waals surface area contributed by atoms with Crippen LogP contribution < -0.4 is 0 Å². The van der Waals surface area contributed by atoms with Crippen molar-refractivity contribution in [2.24, 2.45) is 0 Å². The maximum Gasteiger partial charge on any atom is 0.301 e. The van der Waals surface area contributed by atoms with Crippen molar-refractivity contribution >= 4 is 79.0 Å². The molecule has 0 fully saturated rings. The van der Waals surface area contributed by atoms with Crippen LogP contribution in [0, 0.1) is 40.5 Å². The molecule has 176 valence electrons. The normalized spacial score (nSPS) is 11.6. The van der Waals surface area contributed by atoms with Crippen LogP contribution in [0.1, 0.15) is 20.8 Å². The summed E-state index contributed by atoms with van der Waals surface area (Å²) in [4.78, 5) is 34.6. The van der Waals surface area contributed by atoms with E-state index in [-0.39, 0.29) is 0 Å². The van der Waals surface area contributed by atoms with E-state index in [1.807, 2.05) is 0 Å². The molecule has 2 aromatic rings. The molecule has 0 atom stereocenters. The van der Waals surface area contributed by atoms with E-state index >= 15 is 0 Å². The van der Waals surface area contributed by atoms with Crippen LogP contribution in [0.25, 0.3) is 0 Å². The Balaban J connectivity index is 3.09. The first kappa shape index (κ1) is 26.4. The minimum Gasteiger partial charge on any atom is -0.258 e. The van der Waals surface area contributed by atoms with Gasteiger partial charge in [0.25, 0.3) is 11.4 Å². The number of nitrogens with zero attached hydrogens (tertiary/aromatic N) is 4. The summed E-state index contributed by atoms with van der Waals surface area (Å²) in [6.07, 6.45) is 0. The summed E-state index contributed by atoms with van der Waals surface area (Å²) in [5.74, 6) is 0. The number of sulfone groups is 1. The average Bonchev–Trinajstić information content (AvgIpc) is 2.70. The third-order valence-electron chi connectivity index (χ3n) is 4.09. The molecule has 0 heterocycles. The average molecular weight is 564 g/mol. The van der Waals surface area contributed by atoms with Crippen LogP contribution in [0.5, 0.6) is 0 Å². The minimum absolute atomic E-state index is 0.453. The van der Waals surface area contributed by atoms with Gasteiger partial charge in [0.2, 0.25) is 9.84 Å². The van der Waals surface area contributed by atoms with Crippen molar-refractivity contribution in [2.45, 2.75) is 19.5 Å². The Morgan fingerprint density at radius 1 is 0.606 bits per heavy atom. The van der Waals surface area contributed by atoms with Gasteiger partial charge in [-0.15, -0.1) is 0 Å². The van der Waals surface area contributed by atoms with E-state index in [1.54, 1.807) is 0 Å². The summed E-state index contributed by atoms with van der Waals surface area (Å²) >= 11 is 22.5. The number of rotatable bonds is 8. The highest BCUT2D eigenvalue weighted by Crippen LogP contribution is 2.48. The van der Waals surface area contributed by atoms with Crippen LogP contribution in [0.15, 0.2) is 34.1 Å². The topological polar surface area (TPSA) is 207 Å². The number of halogens is 4. The highest BCUT2D eigenvalue weighted by atomic mass is 35.5. The molecular formula is C14H6Cl4N4O10S. The Labute approximate surface area is 202 Å². The SMILES string of the molecule is O=[N+]([O-])c1ccc(S(=O)(=O)c2ccc([N+](=O)[O-])c(C(Cl)Cl)c2[N+](=O)[O-])c([N+](=O)[O-])c1C(Cl)Cl. The van der Waals surface area contributed by atoms with Gasteiger partial charge in [-0.25, -0.2) is 8.42 Å². The van der Waals surface area contributed by atoms with Gasteiger partial charge in [-0.2, -0.15) is 0 Å². The summed E-state index contributed by atoms with van der Waals surface area (Å²) in [6.45, 7) is 0. The van der Waals surface area contributed by atoms with Crippen LogP contribution in [0.3, 0.4) is 0 Å². The van der Waals surface area contributed by atoms with E-state index < -0.39 is 82.9 Å². The first-order valence-corrected chi connectivity index (χ1v) is 11.1. The van der Waals surface area contributed by atoms with Gasteiger partial charge in [0, 0.05) is 12.1 Å². The molecule has 14 nitrogen and oxygen atoms in total. The molecule has 0 spiro atoms. The molecule has 19 heteroatoms. The summed E-state index contributed by atoms with van der Waals surface area (Å²) in [5.41, 5.74) is -6.80. The maximum absolute atomic E-state index is 13.3. The van der Waals surface area contributed by atoms with E-state index in [0.717, 1.165) is 0 Å². The van der Waals surface area contributed by atoms with Gasteiger partial charge in [-0.3, -0.25) is 40.5 Å². The number of nitro benzene ring substituents is 4. The van der Waals surface area contributed by atoms with E-state index in [1.165, 1.54) is 0 Å². The molecule has 2 rings (SSSR count). The van der Waals surface area contributed by atoms with E-state index in [0.29, 0.717) is 24.3 Å². The van der Waals surface area contributed by atoms with Gasteiger partial charge in [-0.1, -0.05) is 46.4 Å². The molecule has 0 radical (unpaired) electrons. The molecule has 0 saturated heterocycles. The van der Waals surface area contributed by atoms with Crippen molar-refractivity contribution in [3.63, 3.8) is 0 Å². The Bertz CT molecular complexity index is 1220. The fraction of sp³-hybridized carbons (Fsp3) is 0.143. The summed E-state index contributed by atoms with van der Waals surface area (Å²) in [5, 5.41) is 45.8. The molecule has 0 saturated carbocycles. The highest BCUT2D eigenvalue weighted by molar-refractivity contribution is 7.91. The molecule has 0 bridgehead atoms. The molecule has 0 aliphatic carbocycles. The Hall–Kier alpha value is -2.85. The van der Waals surface area contributed by atoms with Crippen molar-refractivity contribution in [1.82, 2.24) is 0 Å². The predicted octanol–water partition coefficient (Wildman–Crippen LogP) is 5.10. The molecule has 2 aromatic carbocycles. The smallest absolute Gasteiger partial charge is 0.258 e. The molecule has 0 aliphatic heterocycles. The van der Waals surface area contributed by atoms with E-state index in [2.05, 4.69) is 0 Å². The summed E-state index contributed by atoms with van der Waals surface area (Å²) in [6, 6.07) is 2.01. The standard InChI is InChI=1S/C14H6Cl4N4O10S/c15-13(16)9-5(19(23)24)1-3-7(11(9)21(27)28)33(31,32)8-4-2-6(20(25)26)10(14(17)18)12(8)22(29)30/h1-4,13-14H. The van der Waals surface area contributed by atoms with Crippen LogP contribution in [0.4, 0.5) is 22.7 Å². The van der Waals surface area contributed by atoms with Gasteiger partial charge in [0.15, 0.2) is 9.79 Å². The van der Waals surface area contributed by atoms with Gasteiger partial charge in [0.05, 0.1) is 19.7 Å². The number of nitro groups is 4. The Morgan fingerprint density at radius 3 is 1.12 bits per heavy atom. The largest absolute Gasteiger partial charge is 0.301 e. The lowest BCUT2D eigenvalue weighted by Gasteiger charge is -2.12. The molecule has 0 aromatic heterocycles. The molecule has 0 aliphatic rings. The monoisotopic (exact) mass is 562 g/mol. The Morgan fingerprint density at radius 2 is 0.909 bits per heavy atom.